The second-order valence-electron chi connectivity index (χ2n) is 26.7. The summed E-state index contributed by atoms with van der Waals surface area (Å²) >= 11 is 0. The number of aromatic nitrogens is 1. The van der Waals surface area contributed by atoms with Gasteiger partial charge in [-0.25, -0.2) is 14.4 Å². The van der Waals surface area contributed by atoms with Gasteiger partial charge in [-0.3, -0.25) is 4.79 Å². The van der Waals surface area contributed by atoms with E-state index < -0.39 is 16.9 Å². The van der Waals surface area contributed by atoms with E-state index >= 15 is 0 Å². The molecular weight excluding hydrogens is 1430 g/mol. The number of fused-ring (bicyclic) bond motifs is 2. The van der Waals surface area contributed by atoms with E-state index in [0.717, 1.165) is 119 Å². The number of hydrogen-bond acceptors (Lipinski definition) is 17. The van der Waals surface area contributed by atoms with Crippen molar-refractivity contribution in [2.45, 2.75) is 13.8 Å². The van der Waals surface area contributed by atoms with Crippen molar-refractivity contribution < 1.29 is 41.7 Å². The minimum Gasteiger partial charge on any atom is -0.497 e. The van der Waals surface area contributed by atoms with E-state index in [4.69, 9.17) is 41.7 Å². The van der Waals surface area contributed by atoms with Gasteiger partial charge in [0.15, 0.2) is 0 Å². The average molecular weight is 1510 g/mol. The predicted octanol–water partition coefficient (Wildman–Crippen LogP) is 22.4. The van der Waals surface area contributed by atoms with E-state index in [1.807, 2.05) is 243 Å². The maximum Gasteiger partial charge on any atom is 0.344 e. The molecule has 564 valence electrons. The highest BCUT2D eigenvalue weighted by atomic mass is 16.5. The normalized spacial score (nSPS) is 10.9. The molecule has 0 aliphatic carbocycles. The highest BCUT2D eigenvalue weighted by Gasteiger charge is 2.22. The minimum absolute atomic E-state index is 0.133. The third kappa shape index (κ3) is 15.9. The van der Waals surface area contributed by atoms with Crippen LogP contribution in [0, 0.1) is 13.8 Å². The Bertz CT molecular complexity index is 5810. The van der Waals surface area contributed by atoms with Gasteiger partial charge >= 0.3 is 16.9 Å². The molecule has 18 heteroatoms. The number of aryl methyl sites for hydroxylation is 2. The van der Waals surface area contributed by atoms with Crippen molar-refractivity contribution in [2.75, 3.05) is 62.3 Å². The summed E-state index contributed by atoms with van der Waals surface area (Å²) in [5, 5.41) is 0.709. The van der Waals surface area contributed by atoms with Crippen molar-refractivity contribution in [3.05, 3.63) is 368 Å². The van der Waals surface area contributed by atoms with E-state index in [-0.39, 0.29) is 44.4 Å². The second-order valence-corrected chi connectivity index (χ2v) is 26.7. The van der Waals surface area contributed by atoms with Crippen LogP contribution >= 0.6 is 0 Å². The molecule has 18 nitrogen and oxygen atoms in total. The van der Waals surface area contributed by atoms with Crippen LogP contribution in [-0.4, -0.2) is 47.6 Å². The molecule has 0 unspecified atom stereocenters. The third-order valence-corrected chi connectivity index (χ3v) is 19.7. The van der Waals surface area contributed by atoms with Gasteiger partial charge in [0.25, 0.3) is 5.56 Å². The number of benzene rings is 12. The fraction of sp³-hybridized carbons (Fsp3) is 0.0833. The summed E-state index contributed by atoms with van der Waals surface area (Å²) in [5.41, 5.74) is 14.3. The molecule has 4 heterocycles. The number of ether oxygens (including phenoxy) is 6. The number of nitrogens with one attached hydrogen (secondary N) is 1. The van der Waals surface area contributed by atoms with E-state index in [1.54, 1.807) is 66.9 Å². The summed E-state index contributed by atoms with van der Waals surface area (Å²) in [6, 6.07) is 100. The van der Waals surface area contributed by atoms with Crippen molar-refractivity contribution in [1.29, 1.82) is 0 Å². The fourth-order valence-corrected chi connectivity index (χ4v) is 13.6. The molecule has 0 saturated carbocycles. The Morgan fingerprint density at radius 1 is 0.228 bits per heavy atom. The zero-order valence-electron chi connectivity index (χ0n) is 63.6. The molecule has 16 rings (SSSR count). The molecule has 0 amide bonds. The van der Waals surface area contributed by atoms with Gasteiger partial charge in [-0.2, -0.15) is 0 Å². The number of hydrogen-bond donors (Lipinski definition) is 1. The molecule has 1 N–H and O–H groups in total. The molecule has 0 aliphatic rings. The smallest absolute Gasteiger partial charge is 0.344 e. The third-order valence-electron chi connectivity index (χ3n) is 19.7. The summed E-state index contributed by atoms with van der Waals surface area (Å²) in [6.45, 7) is 4.11. The Kier molecular flexibility index (Phi) is 21.6. The Morgan fingerprint density at radius 2 is 0.412 bits per heavy atom. The van der Waals surface area contributed by atoms with Crippen molar-refractivity contribution in [1.82, 2.24) is 4.98 Å². The number of anilines is 12. The number of H-pyrrole nitrogens is 1. The van der Waals surface area contributed by atoms with Crippen LogP contribution in [0.1, 0.15) is 11.1 Å². The Morgan fingerprint density at radius 3 is 0.632 bits per heavy atom. The van der Waals surface area contributed by atoms with Gasteiger partial charge in [0.1, 0.15) is 51.8 Å². The zero-order chi connectivity index (χ0) is 78.9. The molecule has 0 saturated heterocycles. The lowest BCUT2D eigenvalue weighted by molar-refractivity contribution is 0.414. The SMILES string of the molecule is COc1ccc(N(c2ccc(C)cc2)c2ccc(-c3cc4c(=O)oc(-c5ccc(N(c6ccc(OC)cc6)c6ccc(OC)cc6)cc5)cc4c(=O)[nH]3)cc2)cc1.COc1ccc(N(c2ccc(C)cc2)c2ccc(-c3cc4c(=O)oc(-c5ccc(N(c6ccc(OC)cc6)c6ccc(OC)cc6)cc5)cc4c(=O)o3)cc2)cc1. The largest absolute Gasteiger partial charge is 0.497 e. The predicted molar refractivity (Wildman–Crippen MR) is 453 cm³/mol. The number of methoxy groups -OCH3 is 6. The van der Waals surface area contributed by atoms with Gasteiger partial charge in [0.2, 0.25) is 0 Å². The van der Waals surface area contributed by atoms with E-state index in [2.05, 4.69) is 87.0 Å². The first-order chi connectivity index (χ1) is 55.6. The Hall–Kier alpha value is -15.0. The average Bonchev–Trinajstić information content (AvgIpc) is 0.782. The summed E-state index contributed by atoms with van der Waals surface area (Å²) < 4.78 is 49.8. The van der Waals surface area contributed by atoms with Gasteiger partial charge in [0, 0.05) is 90.6 Å². The van der Waals surface area contributed by atoms with E-state index in [0.29, 0.717) is 22.4 Å². The number of nitrogens with zero attached hydrogens (tertiary/aromatic N) is 4. The first-order valence-electron chi connectivity index (χ1n) is 36.6. The molecule has 0 atom stereocenters. The maximum atomic E-state index is 13.6. The molecule has 0 bridgehead atoms. The van der Waals surface area contributed by atoms with Crippen LogP contribution in [0.5, 0.6) is 34.5 Å². The van der Waals surface area contributed by atoms with Crippen LogP contribution in [0.3, 0.4) is 0 Å². The first kappa shape index (κ1) is 74.4. The summed E-state index contributed by atoms with van der Waals surface area (Å²) in [6.07, 6.45) is 0. The Balaban J connectivity index is 0.000000180. The fourth-order valence-electron chi connectivity index (χ4n) is 13.6. The van der Waals surface area contributed by atoms with Crippen LogP contribution in [-0.2, 0) is 0 Å². The van der Waals surface area contributed by atoms with E-state index in [1.165, 1.54) is 0 Å². The zero-order valence-corrected chi connectivity index (χ0v) is 63.6. The van der Waals surface area contributed by atoms with Gasteiger partial charge in [-0.15, -0.1) is 0 Å². The van der Waals surface area contributed by atoms with Gasteiger partial charge < -0.3 is 66.3 Å². The van der Waals surface area contributed by atoms with Crippen LogP contribution < -0.4 is 70.5 Å². The van der Waals surface area contributed by atoms with Gasteiger partial charge in [-0.05, 0) is 298 Å². The summed E-state index contributed by atoms with van der Waals surface area (Å²) in [5.74, 6) is 5.32. The summed E-state index contributed by atoms with van der Waals surface area (Å²) in [7, 11) is 9.82. The van der Waals surface area contributed by atoms with Crippen molar-refractivity contribution in [3.63, 3.8) is 0 Å². The number of aromatic amines is 1. The molecule has 0 radical (unpaired) electrons. The molecule has 16 aromatic rings. The quantitative estimate of drug-likeness (QED) is 0.0673. The number of pyridine rings is 1. The lowest BCUT2D eigenvalue weighted by atomic mass is 10.1. The molecule has 0 aliphatic heterocycles. The van der Waals surface area contributed by atoms with Crippen molar-refractivity contribution in [3.8, 4) is 79.7 Å². The molecule has 0 spiro atoms. The van der Waals surface area contributed by atoms with Gasteiger partial charge in [-0.1, -0.05) is 47.5 Å². The topological polar surface area (TPSA) is 192 Å². The minimum atomic E-state index is -0.638. The number of rotatable bonds is 22. The standard InChI is InChI=1S/C48H39N3O6.C48H38N2O7/c1-31-5-11-34(12-6-31)50(37-17-23-40(54-2)24-18-37)35-13-7-32(8-14-35)45-29-44-43(47(52)49-45)30-46(57-48(44)53)33-9-15-36(16-10-33)51(38-19-25-41(55-3)26-20-38)39-21-27-42(56-4)28-22-39;1-31-5-11-34(12-6-31)49(37-17-23-40(53-2)24-18-37)35-13-7-32(8-14-35)45-29-43-44(47(51)56-45)30-46(57-48(43)52)33-9-15-36(16-10-33)50(38-19-25-41(54-3)26-20-38)39-21-27-42(55-4)28-22-39/h5-30H,1-4H3,(H,49,52);5-30H,1-4H3. The monoisotopic (exact) mass is 1510 g/mol. The molecular formula is C96H77N5O13. The molecule has 114 heavy (non-hydrogen) atoms. The van der Waals surface area contributed by atoms with Crippen LogP contribution in [0.4, 0.5) is 68.2 Å². The van der Waals surface area contributed by atoms with Crippen molar-refractivity contribution >= 4 is 89.8 Å². The lowest BCUT2D eigenvalue weighted by Crippen LogP contribution is -2.13. The highest BCUT2D eigenvalue weighted by molar-refractivity contribution is 5.90. The van der Waals surface area contributed by atoms with E-state index in [9.17, 15) is 19.2 Å². The molecule has 12 aromatic carbocycles. The molecule has 4 aromatic heterocycles. The van der Waals surface area contributed by atoms with Crippen LogP contribution in [0.2, 0.25) is 0 Å². The Labute approximate surface area is 656 Å². The lowest BCUT2D eigenvalue weighted by Gasteiger charge is -2.26. The highest BCUT2D eigenvalue weighted by Crippen LogP contribution is 2.43. The molecule has 0 fully saturated rings. The maximum absolute atomic E-state index is 13.6. The van der Waals surface area contributed by atoms with Crippen LogP contribution in [0.15, 0.2) is 348 Å². The summed E-state index contributed by atoms with van der Waals surface area (Å²) in [4.78, 5) is 65.5. The van der Waals surface area contributed by atoms with Gasteiger partial charge in [0.05, 0.1) is 64.2 Å². The van der Waals surface area contributed by atoms with Crippen LogP contribution in [0.25, 0.3) is 66.8 Å². The second kappa shape index (κ2) is 33.0. The first-order valence-corrected chi connectivity index (χ1v) is 36.6. The van der Waals surface area contributed by atoms with Crippen molar-refractivity contribution in [2.24, 2.45) is 0 Å².